The quantitative estimate of drug-likeness (QED) is 0.698. The van der Waals surface area contributed by atoms with Crippen molar-refractivity contribution in [2.45, 2.75) is 25.4 Å². The van der Waals surface area contributed by atoms with Gasteiger partial charge >= 0.3 is 0 Å². The lowest BCUT2D eigenvalue weighted by Gasteiger charge is -2.27. The minimum Gasteiger partial charge on any atom is -0.493 e. The minimum atomic E-state index is -0.0281. The fourth-order valence-electron chi connectivity index (χ4n) is 4.13. The number of amides is 1. The molecule has 1 unspecified atom stereocenters. The number of rotatable bonds is 7. The van der Waals surface area contributed by atoms with Crippen LogP contribution in [0.5, 0.6) is 11.5 Å². The third-order valence-corrected chi connectivity index (χ3v) is 5.72. The van der Waals surface area contributed by atoms with Gasteiger partial charge in [0.2, 0.25) is 0 Å². The molecule has 7 heteroatoms. The number of hydrogen-bond donors (Lipinski definition) is 0. The first-order valence-corrected chi connectivity index (χ1v) is 10.5. The summed E-state index contributed by atoms with van der Waals surface area (Å²) in [7, 11) is 1.63. The van der Waals surface area contributed by atoms with Crippen LogP contribution in [0.1, 0.15) is 30.1 Å². The number of aromatic nitrogens is 1. The zero-order chi connectivity index (χ0) is 20.8. The molecule has 160 valence electrons. The fraction of sp³-hybridized carbons (Fsp3) is 0.478. The van der Waals surface area contributed by atoms with E-state index in [2.05, 4.69) is 16.0 Å². The van der Waals surface area contributed by atoms with Gasteiger partial charge in [0.15, 0.2) is 18.1 Å². The van der Waals surface area contributed by atoms with Crippen molar-refractivity contribution in [3.63, 3.8) is 0 Å². The van der Waals surface area contributed by atoms with E-state index in [1.165, 1.54) is 6.42 Å². The lowest BCUT2D eigenvalue weighted by Crippen LogP contribution is -2.43. The van der Waals surface area contributed by atoms with Gasteiger partial charge in [-0.15, -0.1) is 0 Å². The highest BCUT2D eigenvalue weighted by molar-refractivity contribution is 5.78. The van der Waals surface area contributed by atoms with Gasteiger partial charge in [0, 0.05) is 25.8 Å². The van der Waals surface area contributed by atoms with Crippen molar-refractivity contribution in [2.75, 3.05) is 46.6 Å². The maximum atomic E-state index is 12.3. The van der Waals surface area contributed by atoms with Crippen LogP contribution in [0.3, 0.4) is 0 Å². The normalized spacial score (nSPS) is 19.6. The second-order valence-electron chi connectivity index (χ2n) is 7.65. The molecule has 2 aliphatic heterocycles. The molecule has 30 heavy (non-hydrogen) atoms. The minimum absolute atomic E-state index is 0.00355. The van der Waals surface area contributed by atoms with E-state index in [1.807, 2.05) is 36.5 Å². The maximum absolute atomic E-state index is 12.3. The van der Waals surface area contributed by atoms with E-state index >= 15 is 0 Å². The molecular weight excluding hydrogens is 382 g/mol. The summed E-state index contributed by atoms with van der Waals surface area (Å²) in [6.45, 7) is 4.28. The molecular formula is C23H29N3O4. The van der Waals surface area contributed by atoms with Crippen LogP contribution < -0.4 is 9.47 Å². The highest BCUT2D eigenvalue weighted by atomic mass is 16.5. The number of nitrogens with zero attached hydrogens (tertiary/aromatic N) is 3. The van der Waals surface area contributed by atoms with Gasteiger partial charge in [0.1, 0.15) is 0 Å². The fourth-order valence-corrected chi connectivity index (χ4v) is 4.13. The molecule has 2 aliphatic rings. The van der Waals surface area contributed by atoms with Crippen LogP contribution in [-0.2, 0) is 16.1 Å². The summed E-state index contributed by atoms with van der Waals surface area (Å²) in [6, 6.07) is 12.4. The van der Waals surface area contributed by atoms with Gasteiger partial charge in [0.05, 0.1) is 32.1 Å². The largest absolute Gasteiger partial charge is 0.493 e. The monoisotopic (exact) mass is 411 g/mol. The topological polar surface area (TPSA) is 64.1 Å². The number of carbonyl (C=O) groups is 1. The standard InChI is InChI=1S/C23H29N3O4/c1-28-22-15-18(16-26-10-4-6-20(26)19-5-2-3-9-24-19)7-8-21(22)30-17-23(27)25-11-13-29-14-12-25/h2-3,5,7-9,15,20H,4,6,10-14,16-17H2,1H3. The molecule has 1 aromatic heterocycles. The van der Waals surface area contributed by atoms with Crippen molar-refractivity contribution < 1.29 is 19.0 Å². The van der Waals surface area contributed by atoms with Crippen molar-refractivity contribution >= 4 is 5.91 Å². The molecule has 1 aromatic carbocycles. The summed E-state index contributed by atoms with van der Waals surface area (Å²) >= 11 is 0. The number of hydrogen-bond acceptors (Lipinski definition) is 6. The number of likely N-dealkylation sites (tertiary alicyclic amines) is 1. The van der Waals surface area contributed by atoms with E-state index in [9.17, 15) is 4.79 Å². The molecule has 1 atom stereocenters. The first-order valence-electron chi connectivity index (χ1n) is 10.5. The molecule has 4 rings (SSSR count). The summed E-state index contributed by atoms with van der Waals surface area (Å²) in [6.07, 6.45) is 4.15. The van der Waals surface area contributed by atoms with Gasteiger partial charge in [-0.1, -0.05) is 12.1 Å². The number of methoxy groups -OCH3 is 1. The van der Waals surface area contributed by atoms with Gasteiger partial charge in [-0.3, -0.25) is 14.7 Å². The molecule has 0 N–H and O–H groups in total. The van der Waals surface area contributed by atoms with Gasteiger partial charge in [-0.2, -0.15) is 0 Å². The SMILES string of the molecule is COc1cc(CN2CCCC2c2ccccn2)ccc1OCC(=O)N1CCOCC1. The summed E-state index contributed by atoms with van der Waals surface area (Å²) in [5, 5.41) is 0. The van der Waals surface area contributed by atoms with Crippen LogP contribution in [0.4, 0.5) is 0 Å². The van der Waals surface area contributed by atoms with Gasteiger partial charge in [-0.25, -0.2) is 0 Å². The number of pyridine rings is 1. The van der Waals surface area contributed by atoms with Crippen LogP contribution in [0.2, 0.25) is 0 Å². The van der Waals surface area contributed by atoms with E-state index in [0.717, 1.165) is 30.8 Å². The lowest BCUT2D eigenvalue weighted by molar-refractivity contribution is -0.137. The van der Waals surface area contributed by atoms with Crippen LogP contribution in [0.15, 0.2) is 42.6 Å². The zero-order valence-corrected chi connectivity index (χ0v) is 17.5. The van der Waals surface area contributed by atoms with E-state index in [-0.39, 0.29) is 12.5 Å². The van der Waals surface area contributed by atoms with Crippen LogP contribution >= 0.6 is 0 Å². The molecule has 2 saturated heterocycles. The first kappa shape index (κ1) is 20.6. The third-order valence-electron chi connectivity index (χ3n) is 5.72. The molecule has 2 aromatic rings. The lowest BCUT2D eigenvalue weighted by atomic mass is 10.1. The maximum Gasteiger partial charge on any atom is 0.260 e. The summed E-state index contributed by atoms with van der Waals surface area (Å²) in [4.78, 5) is 21.1. The van der Waals surface area contributed by atoms with E-state index in [4.69, 9.17) is 14.2 Å². The summed E-state index contributed by atoms with van der Waals surface area (Å²) in [5.74, 6) is 1.21. The van der Waals surface area contributed by atoms with Crippen molar-refractivity contribution in [1.29, 1.82) is 0 Å². The molecule has 0 bridgehead atoms. The number of ether oxygens (including phenoxy) is 3. The zero-order valence-electron chi connectivity index (χ0n) is 17.5. The predicted molar refractivity (Wildman–Crippen MR) is 113 cm³/mol. The Morgan fingerprint density at radius 2 is 2.03 bits per heavy atom. The Hall–Kier alpha value is -2.64. The first-order chi connectivity index (χ1) is 14.7. The van der Waals surface area contributed by atoms with Crippen LogP contribution in [0, 0.1) is 0 Å². The van der Waals surface area contributed by atoms with Crippen molar-refractivity contribution in [2.24, 2.45) is 0 Å². The van der Waals surface area contributed by atoms with Crippen LogP contribution in [-0.4, -0.2) is 67.3 Å². The van der Waals surface area contributed by atoms with E-state index in [1.54, 1.807) is 12.0 Å². The van der Waals surface area contributed by atoms with E-state index in [0.29, 0.717) is 43.8 Å². The molecule has 2 fully saturated rings. The summed E-state index contributed by atoms with van der Waals surface area (Å²) < 4.78 is 16.6. The molecule has 3 heterocycles. The number of carbonyl (C=O) groups excluding carboxylic acids is 1. The van der Waals surface area contributed by atoms with Gasteiger partial charge in [0.25, 0.3) is 5.91 Å². The molecule has 0 aliphatic carbocycles. The van der Waals surface area contributed by atoms with Crippen molar-refractivity contribution in [3.8, 4) is 11.5 Å². The highest BCUT2D eigenvalue weighted by Crippen LogP contribution is 2.34. The Balaban J connectivity index is 1.39. The Labute approximate surface area is 177 Å². The van der Waals surface area contributed by atoms with Crippen LogP contribution in [0.25, 0.3) is 0 Å². The second kappa shape index (κ2) is 9.91. The Morgan fingerprint density at radius 3 is 2.80 bits per heavy atom. The smallest absolute Gasteiger partial charge is 0.260 e. The molecule has 0 saturated carbocycles. The number of morpholine rings is 1. The highest BCUT2D eigenvalue weighted by Gasteiger charge is 2.27. The Kier molecular flexibility index (Phi) is 6.81. The average Bonchev–Trinajstić information content (AvgIpc) is 3.27. The Bertz CT molecular complexity index is 840. The molecule has 0 spiro atoms. The second-order valence-corrected chi connectivity index (χ2v) is 7.65. The van der Waals surface area contributed by atoms with E-state index < -0.39 is 0 Å². The average molecular weight is 412 g/mol. The van der Waals surface area contributed by atoms with Gasteiger partial charge in [-0.05, 0) is 49.2 Å². The van der Waals surface area contributed by atoms with Crippen molar-refractivity contribution in [1.82, 2.24) is 14.8 Å². The predicted octanol–water partition coefficient (Wildman–Crippen LogP) is 2.66. The van der Waals surface area contributed by atoms with Gasteiger partial charge < -0.3 is 19.1 Å². The molecule has 0 radical (unpaired) electrons. The molecule has 7 nitrogen and oxygen atoms in total. The Morgan fingerprint density at radius 1 is 1.17 bits per heavy atom. The van der Waals surface area contributed by atoms with Crippen molar-refractivity contribution in [3.05, 3.63) is 53.9 Å². The third kappa shape index (κ3) is 4.91. The summed E-state index contributed by atoms with van der Waals surface area (Å²) in [5.41, 5.74) is 2.28. The number of benzene rings is 1. The molecule has 1 amide bonds.